The third kappa shape index (κ3) is 7.00. The van der Waals surface area contributed by atoms with Crippen LogP contribution in [0.5, 0.6) is 0 Å². The first-order valence-electron chi connectivity index (χ1n) is 7.89. The summed E-state index contributed by atoms with van der Waals surface area (Å²) < 4.78 is 25.9. The zero-order valence-electron chi connectivity index (χ0n) is 14.0. The summed E-state index contributed by atoms with van der Waals surface area (Å²) in [6, 6.07) is 6.30. The van der Waals surface area contributed by atoms with E-state index in [1.54, 1.807) is 31.2 Å². The Kier molecular flexibility index (Phi) is 7.51. The van der Waals surface area contributed by atoms with Crippen LogP contribution in [0.3, 0.4) is 0 Å². The highest BCUT2D eigenvalue weighted by Gasteiger charge is 2.14. The Morgan fingerprint density at radius 1 is 1.22 bits per heavy atom. The number of carbonyl (C=O) groups is 1. The highest BCUT2D eigenvalue weighted by atomic mass is 32.2. The largest absolute Gasteiger partial charge is 0.348 e. The maximum Gasteiger partial charge on any atom is 0.251 e. The molecule has 1 aromatic carbocycles. The van der Waals surface area contributed by atoms with Gasteiger partial charge in [-0.3, -0.25) is 9.52 Å². The molecule has 0 radical (unpaired) electrons. The van der Waals surface area contributed by atoms with Crippen molar-refractivity contribution in [3.8, 4) is 0 Å². The summed E-state index contributed by atoms with van der Waals surface area (Å²) in [6.45, 7) is 6.34. The molecule has 7 heteroatoms. The lowest BCUT2D eigenvalue weighted by Crippen LogP contribution is -2.41. The maximum absolute atomic E-state index is 12.2. The van der Waals surface area contributed by atoms with Crippen LogP contribution in [0.2, 0.25) is 0 Å². The summed E-state index contributed by atoms with van der Waals surface area (Å²) in [5, 5.41) is 2.90. The van der Waals surface area contributed by atoms with Gasteiger partial charge in [-0.05, 0) is 43.0 Å². The summed E-state index contributed by atoms with van der Waals surface area (Å²) in [5.41, 5.74) is 6.61. The number of nitrogens with two attached hydrogens (primary N) is 1. The molecule has 1 unspecified atom stereocenters. The van der Waals surface area contributed by atoms with Crippen molar-refractivity contribution in [2.24, 2.45) is 11.7 Å². The van der Waals surface area contributed by atoms with E-state index in [4.69, 9.17) is 5.73 Å². The Morgan fingerprint density at radius 2 is 1.83 bits per heavy atom. The quantitative estimate of drug-likeness (QED) is 0.639. The van der Waals surface area contributed by atoms with Crippen LogP contribution in [0.4, 0.5) is 5.69 Å². The third-order valence-electron chi connectivity index (χ3n) is 3.27. The number of sulfonamides is 1. The highest BCUT2D eigenvalue weighted by Crippen LogP contribution is 2.12. The van der Waals surface area contributed by atoms with Gasteiger partial charge < -0.3 is 11.1 Å². The molecule has 0 saturated carbocycles. The predicted molar refractivity (Wildman–Crippen MR) is 93.9 cm³/mol. The summed E-state index contributed by atoms with van der Waals surface area (Å²) in [5.74, 6) is 0.311. The van der Waals surface area contributed by atoms with Crippen molar-refractivity contribution in [3.05, 3.63) is 29.8 Å². The third-order valence-corrected chi connectivity index (χ3v) is 4.76. The molecule has 0 aliphatic heterocycles. The molecular formula is C16H27N3O3S. The molecule has 0 aliphatic rings. The van der Waals surface area contributed by atoms with Crippen molar-refractivity contribution in [1.29, 1.82) is 0 Å². The first kappa shape index (κ1) is 19.4. The van der Waals surface area contributed by atoms with Crippen molar-refractivity contribution < 1.29 is 13.2 Å². The fourth-order valence-electron chi connectivity index (χ4n) is 2.24. The minimum Gasteiger partial charge on any atom is -0.348 e. The molecule has 0 aliphatic carbocycles. The molecule has 1 atom stereocenters. The molecule has 23 heavy (non-hydrogen) atoms. The fraction of sp³-hybridized carbons (Fsp3) is 0.562. The molecule has 1 amide bonds. The van der Waals surface area contributed by atoms with Crippen LogP contribution in [-0.4, -0.2) is 32.7 Å². The topological polar surface area (TPSA) is 101 Å². The van der Waals surface area contributed by atoms with Crippen molar-refractivity contribution in [3.63, 3.8) is 0 Å². The number of amides is 1. The Bertz CT molecular complexity index is 598. The average molecular weight is 341 g/mol. The summed E-state index contributed by atoms with van der Waals surface area (Å²) in [7, 11) is -3.32. The number of hydrogen-bond donors (Lipinski definition) is 3. The van der Waals surface area contributed by atoms with Gasteiger partial charge in [-0.1, -0.05) is 20.8 Å². The van der Waals surface area contributed by atoms with Crippen LogP contribution in [-0.2, 0) is 10.0 Å². The second kappa shape index (κ2) is 8.88. The van der Waals surface area contributed by atoms with Crippen LogP contribution in [0.15, 0.2) is 24.3 Å². The standard InChI is InChI=1S/C16H27N3O3S/c1-4-9-23(21,22)19-14-7-5-13(6-8-14)16(20)18-15(11-17)10-12(2)3/h5-8,12,15,19H,4,9-11,17H2,1-3H3,(H,18,20). The molecule has 0 bridgehead atoms. The van der Waals surface area contributed by atoms with E-state index >= 15 is 0 Å². The van der Waals surface area contributed by atoms with Gasteiger partial charge in [0.2, 0.25) is 10.0 Å². The van der Waals surface area contributed by atoms with Gasteiger partial charge in [0.25, 0.3) is 5.91 Å². The van der Waals surface area contributed by atoms with E-state index in [1.165, 1.54) is 0 Å². The molecule has 6 nitrogen and oxygen atoms in total. The van der Waals surface area contributed by atoms with Gasteiger partial charge in [0.15, 0.2) is 0 Å². The molecule has 0 fully saturated rings. The van der Waals surface area contributed by atoms with Crippen LogP contribution in [0.25, 0.3) is 0 Å². The van der Waals surface area contributed by atoms with Crippen molar-refractivity contribution >= 4 is 21.6 Å². The summed E-state index contributed by atoms with van der Waals surface area (Å²) in [6.07, 6.45) is 1.36. The number of rotatable bonds is 9. The van der Waals surface area contributed by atoms with Crippen LogP contribution >= 0.6 is 0 Å². The smallest absolute Gasteiger partial charge is 0.251 e. The van der Waals surface area contributed by atoms with E-state index in [2.05, 4.69) is 23.9 Å². The van der Waals surface area contributed by atoms with Crippen molar-refractivity contribution in [1.82, 2.24) is 5.32 Å². The van der Waals surface area contributed by atoms with Crippen LogP contribution in [0, 0.1) is 5.92 Å². The van der Waals surface area contributed by atoms with Crippen molar-refractivity contribution in [2.75, 3.05) is 17.0 Å². The molecule has 1 aromatic rings. The lowest BCUT2D eigenvalue weighted by atomic mass is 10.0. The van der Waals surface area contributed by atoms with Gasteiger partial charge in [-0.2, -0.15) is 0 Å². The van der Waals surface area contributed by atoms with Gasteiger partial charge in [0.1, 0.15) is 0 Å². The van der Waals surface area contributed by atoms with E-state index in [9.17, 15) is 13.2 Å². The van der Waals surface area contributed by atoms with Gasteiger partial charge in [0.05, 0.1) is 5.75 Å². The fourth-order valence-corrected chi connectivity index (χ4v) is 3.38. The number of anilines is 1. The highest BCUT2D eigenvalue weighted by molar-refractivity contribution is 7.92. The predicted octanol–water partition coefficient (Wildman–Crippen LogP) is 1.94. The first-order chi connectivity index (χ1) is 10.8. The van der Waals surface area contributed by atoms with Gasteiger partial charge >= 0.3 is 0 Å². The second-order valence-electron chi connectivity index (χ2n) is 6.03. The molecule has 0 saturated heterocycles. The minimum absolute atomic E-state index is 0.0646. The molecule has 0 heterocycles. The summed E-state index contributed by atoms with van der Waals surface area (Å²) in [4.78, 5) is 12.2. The SMILES string of the molecule is CCCS(=O)(=O)Nc1ccc(C(=O)NC(CN)CC(C)C)cc1. The zero-order valence-corrected chi connectivity index (χ0v) is 14.8. The van der Waals surface area contributed by atoms with E-state index in [1.807, 2.05) is 0 Å². The molecule has 0 spiro atoms. The Labute approximate surface area is 138 Å². The van der Waals surface area contributed by atoms with Crippen LogP contribution in [0.1, 0.15) is 44.0 Å². The Balaban J connectivity index is 2.70. The molecule has 0 aromatic heterocycles. The lowest BCUT2D eigenvalue weighted by Gasteiger charge is -2.19. The zero-order chi connectivity index (χ0) is 17.5. The minimum atomic E-state index is -3.32. The molecule has 1 rings (SSSR count). The van der Waals surface area contributed by atoms with E-state index in [0.29, 0.717) is 30.1 Å². The van der Waals surface area contributed by atoms with E-state index in [0.717, 1.165) is 6.42 Å². The number of hydrogen-bond acceptors (Lipinski definition) is 4. The number of carbonyl (C=O) groups excluding carboxylic acids is 1. The molecule has 130 valence electrons. The monoisotopic (exact) mass is 341 g/mol. The van der Waals surface area contributed by atoms with Gasteiger partial charge in [0, 0.05) is 23.8 Å². The first-order valence-corrected chi connectivity index (χ1v) is 9.54. The Morgan fingerprint density at radius 3 is 2.30 bits per heavy atom. The van der Waals surface area contributed by atoms with E-state index < -0.39 is 10.0 Å². The molecular weight excluding hydrogens is 314 g/mol. The molecule has 4 N–H and O–H groups in total. The maximum atomic E-state index is 12.2. The number of nitrogens with one attached hydrogen (secondary N) is 2. The average Bonchev–Trinajstić information content (AvgIpc) is 2.46. The number of benzene rings is 1. The van der Waals surface area contributed by atoms with Gasteiger partial charge in [-0.25, -0.2) is 8.42 Å². The normalized spacial score (nSPS) is 12.9. The summed E-state index contributed by atoms with van der Waals surface area (Å²) >= 11 is 0. The Hall–Kier alpha value is -1.60. The van der Waals surface area contributed by atoms with Crippen LogP contribution < -0.4 is 15.8 Å². The van der Waals surface area contributed by atoms with E-state index in [-0.39, 0.29) is 17.7 Å². The van der Waals surface area contributed by atoms with Crippen molar-refractivity contribution in [2.45, 2.75) is 39.7 Å². The second-order valence-corrected chi connectivity index (χ2v) is 7.88. The lowest BCUT2D eigenvalue weighted by molar-refractivity contribution is 0.0934. The van der Waals surface area contributed by atoms with Gasteiger partial charge in [-0.15, -0.1) is 0 Å².